The number of phenolic OH excluding ortho intramolecular Hbond substituents is 1. The second kappa shape index (κ2) is 5.65. The molecule has 0 aromatic heterocycles. The first-order chi connectivity index (χ1) is 9.56. The van der Waals surface area contributed by atoms with Gasteiger partial charge in [0.1, 0.15) is 5.75 Å². The van der Waals surface area contributed by atoms with E-state index in [2.05, 4.69) is 5.32 Å². The highest BCUT2D eigenvalue weighted by Crippen LogP contribution is 2.28. The molecule has 0 aliphatic rings. The van der Waals surface area contributed by atoms with Crippen LogP contribution in [-0.2, 0) is 15.1 Å². The molecule has 1 atom stereocenters. The van der Waals surface area contributed by atoms with Crippen LogP contribution in [0, 0.1) is 0 Å². The van der Waals surface area contributed by atoms with Gasteiger partial charge in [-0.15, -0.1) is 0 Å². The zero-order chi connectivity index (χ0) is 14.6. The molecule has 0 aliphatic heterocycles. The molecule has 0 aliphatic carbocycles. The van der Waals surface area contributed by atoms with Gasteiger partial charge in [0.05, 0.1) is 7.11 Å². The van der Waals surface area contributed by atoms with Crippen molar-refractivity contribution in [2.75, 3.05) is 12.4 Å². The number of aromatic hydroxyl groups is 1. The first-order valence-electron chi connectivity index (χ1n) is 6.27. The third-order valence-corrected chi connectivity index (χ3v) is 3.21. The Morgan fingerprint density at radius 3 is 2.25 bits per heavy atom. The summed E-state index contributed by atoms with van der Waals surface area (Å²) in [6, 6.07) is 15.9. The average Bonchev–Trinajstić information content (AvgIpc) is 2.48. The molecule has 0 amide bonds. The van der Waals surface area contributed by atoms with Gasteiger partial charge < -0.3 is 15.2 Å². The van der Waals surface area contributed by atoms with Crippen molar-refractivity contribution in [1.82, 2.24) is 0 Å². The van der Waals surface area contributed by atoms with Gasteiger partial charge in [0.2, 0.25) is 0 Å². The molecule has 4 nitrogen and oxygen atoms in total. The highest BCUT2D eigenvalue weighted by molar-refractivity contribution is 5.85. The molecule has 2 rings (SSSR count). The normalized spacial score (nSPS) is 13.3. The van der Waals surface area contributed by atoms with Gasteiger partial charge in [0.15, 0.2) is 5.54 Å². The van der Waals surface area contributed by atoms with Crippen LogP contribution in [0.5, 0.6) is 5.75 Å². The van der Waals surface area contributed by atoms with Crippen LogP contribution in [0.15, 0.2) is 54.6 Å². The molecule has 20 heavy (non-hydrogen) atoms. The van der Waals surface area contributed by atoms with Crippen LogP contribution < -0.4 is 5.32 Å². The number of hydrogen-bond donors (Lipinski definition) is 2. The van der Waals surface area contributed by atoms with Crippen molar-refractivity contribution in [1.29, 1.82) is 0 Å². The molecule has 0 heterocycles. The maximum Gasteiger partial charge on any atom is 0.335 e. The number of esters is 1. The van der Waals surface area contributed by atoms with Crippen molar-refractivity contribution in [3.63, 3.8) is 0 Å². The third-order valence-electron chi connectivity index (χ3n) is 3.21. The van der Waals surface area contributed by atoms with E-state index in [1.807, 2.05) is 30.3 Å². The molecule has 104 valence electrons. The summed E-state index contributed by atoms with van der Waals surface area (Å²) in [5, 5.41) is 12.6. The topological polar surface area (TPSA) is 58.6 Å². The predicted octanol–water partition coefficient (Wildman–Crippen LogP) is 2.89. The highest BCUT2D eigenvalue weighted by Gasteiger charge is 2.36. The lowest BCUT2D eigenvalue weighted by molar-refractivity contribution is -0.145. The van der Waals surface area contributed by atoms with E-state index in [4.69, 9.17) is 4.74 Å². The number of rotatable bonds is 4. The number of methoxy groups -OCH3 is 1. The van der Waals surface area contributed by atoms with Gasteiger partial charge in [0.25, 0.3) is 0 Å². The number of ether oxygens (including phenoxy) is 1. The summed E-state index contributed by atoms with van der Waals surface area (Å²) < 4.78 is 4.91. The molecule has 0 spiro atoms. The SMILES string of the molecule is COC(=O)C(C)(Nc1ccccc1)c1ccc(O)cc1. The van der Waals surface area contributed by atoms with E-state index in [0.29, 0.717) is 5.56 Å². The molecule has 0 radical (unpaired) electrons. The van der Waals surface area contributed by atoms with E-state index < -0.39 is 11.5 Å². The number of anilines is 1. The van der Waals surface area contributed by atoms with Gasteiger partial charge in [-0.1, -0.05) is 30.3 Å². The van der Waals surface area contributed by atoms with Crippen LogP contribution >= 0.6 is 0 Å². The minimum Gasteiger partial charge on any atom is -0.508 e. The number of carbonyl (C=O) groups is 1. The van der Waals surface area contributed by atoms with Crippen molar-refractivity contribution in [2.45, 2.75) is 12.5 Å². The summed E-state index contributed by atoms with van der Waals surface area (Å²) in [7, 11) is 1.35. The van der Waals surface area contributed by atoms with Crippen molar-refractivity contribution in [3.05, 3.63) is 60.2 Å². The fraction of sp³-hybridized carbons (Fsp3) is 0.188. The Kier molecular flexibility index (Phi) is 3.94. The van der Waals surface area contributed by atoms with E-state index in [1.54, 1.807) is 31.2 Å². The van der Waals surface area contributed by atoms with Crippen LogP contribution in [0.4, 0.5) is 5.69 Å². The molecule has 2 aromatic rings. The molecule has 1 unspecified atom stereocenters. The Bertz CT molecular complexity index is 580. The van der Waals surface area contributed by atoms with Gasteiger partial charge in [-0.25, -0.2) is 4.79 Å². The lowest BCUT2D eigenvalue weighted by Gasteiger charge is -2.29. The van der Waals surface area contributed by atoms with Crippen molar-refractivity contribution in [2.24, 2.45) is 0 Å². The fourth-order valence-corrected chi connectivity index (χ4v) is 2.05. The molecule has 4 heteroatoms. The van der Waals surface area contributed by atoms with E-state index in [9.17, 15) is 9.90 Å². The lowest BCUT2D eigenvalue weighted by Crippen LogP contribution is -2.41. The first-order valence-corrected chi connectivity index (χ1v) is 6.27. The van der Waals surface area contributed by atoms with Crippen LogP contribution in [0.3, 0.4) is 0 Å². The van der Waals surface area contributed by atoms with Crippen molar-refractivity contribution < 1.29 is 14.6 Å². The zero-order valence-electron chi connectivity index (χ0n) is 11.5. The maximum atomic E-state index is 12.2. The van der Waals surface area contributed by atoms with Gasteiger partial charge in [-0.2, -0.15) is 0 Å². The summed E-state index contributed by atoms with van der Waals surface area (Å²) in [4.78, 5) is 12.2. The predicted molar refractivity (Wildman–Crippen MR) is 77.5 cm³/mol. The minimum absolute atomic E-state index is 0.153. The number of nitrogens with one attached hydrogen (secondary N) is 1. The van der Waals surface area contributed by atoms with Gasteiger partial charge >= 0.3 is 5.97 Å². The van der Waals surface area contributed by atoms with Crippen LogP contribution in [-0.4, -0.2) is 18.2 Å². The van der Waals surface area contributed by atoms with Crippen molar-refractivity contribution in [3.8, 4) is 5.75 Å². The zero-order valence-corrected chi connectivity index (χ0v) is 11.5. The summed E-state index contributed by atoms with van der Waals surface area (Å²) in [5.74, 6) is -0.243. The Morgan fingerprint density at radius 2 is 1.70 bits per heavy atom. The summed E-state index contributed by atoms with van der Waals surface area (Å²) in [6.07, 6.45) is 0. The fourth-order valence-electron chi connectivity index (χ4n) is 2.05. The molecular weight excluding hydrogens is 254 g/mol. The molecule has 0 bridgehead atoms. The average molecular weight is 271 g/mol. The Morgan fingerprint density at radius 1 is 1.10 bits per heavy atom. The van der Waals surface area contributed by atoms with Crippen LogP contribution in [0.1, 0.15) is 12.5 Å². The number of benzene rings is 2. The summed E-state index contributed by atoms with van der Waals surface area (Å²) in [6.45, 7) is 1.75. The number of carbonyl (C=O) groups excluding carboxylic acids is 1. The monoisotopic (exact) mass is 271 g/mol. The lowest BCUT2D eigenvalue weighted by atomic mass is 9.91. The first kappa shape index (κ1) is 13.9. The molecule has 2 aromatic carbocycles. The van der Waals surface area contributed by atoms with E-state index >= 15 is 0 Å². The number of para-hydroxylation sites is 1. The number of hydrogen-bond acceptors (Lipinski definition) is 4. The maximum absolute atomic E-state index is 12.2. The highest BCUT2D eigenvalue weighted by atomic mass is 16.5. The smallest absolute Gasteiger partial charge is 0.335 e. The second-order valence-corrected chi connectivity index (χ2v) is 4.65. The standard InChI is InChI=1S/C16H17NO3/c1-16(15(19)20-2,12-8-10-14(18)11-9-12)17-13-6-4-3-5-7-13/h3-11,17-18H,1-2H3. The van der Waals surface area contributed by atoms with Gasteiger partial charge in [0, 0.05) is 5.69 Å². The van der Waals surface area contributed by atoms with Crippen LogP contribution in [0.2, 0.25) is 0 Å². The Hall–Kier alpha value is -2.49. The van der Waals surface area contributed by atoms with E-state index in [1.165, 1.54) is 7.11 Å². The largest absolute Gasteiger partial charge is 0.508 e. The summed E-state index contributed by atoms with van der Waals surface area (Å²) in [5.41, 5.74) is 0.503. The molecular formula is C16H17NO3. The summed E-state index contributed by atoms with van der Waals surface area (Å²) >= 11 is 0. The van der Waals surface area contributed by atoms with Gasteiger partial charge in [-0.05, 0) is 36.8 Å². The minimum atomic E-state index is -1.02. The second-order valence-electron chi connectivity index (χ2n) is 4.65. The van der Waals surface area contributed by atoms with Crippen LogP contribution in [0.25, 0.3) is 0 Å². The Balaban J connectivity index is 2.40. The number of phenols is 1. The van der Waals surface area contributed by atoms with Gasteiger partial charge in [-0.3, -0.25) is 0 Å². The van der Waals surface area contributed by atoms with E-state index in [-0.39, 0.29) is 5.75 Å². The molecule has 2 N–H and O–H groups in total. The van der Waals surface area contributed by atoms with E-state index in [0.717, 1.165) is 5.69 Å². The molecule has 0 saturated carbocycles. The molecule has 0 fully saturated rings. The molecule has 0 saturated heterocycles. The van der Waals surface area contributed by atoms with Crippen molar-refractivity contribution >= 4 is 11.7 Å². The third kappa shape index (κ3) is 2.74. The Labute approximate surface area is 118 Å². The quantitative estimate of drug-likeness (QED) is 0.839.